The summed E-state index contributed by atoms with van der Waals surface area (Å²) >= 11 is 0. The first kappa shape index (κ1) is 12.6. The second-order valence-corrected chi connectivity index (χ2v) is 5.95. The van der Waals surface area contributed by atoms with Gasteiger partial charge in [-0.2, -0.15) is 0 Å². The highest BCUT2D eigenvalue weighted by Crippen LogP contribution is 2.54. The number of nitrogens with zero attached hydrogens (tertiary/aromatic N) is 1. The molecular weight excluding hydrogens is 258 g/mol. The van der Waals surface area contributed by atoms with Crippen molar-refractivity contribution in [3.63, 3.8) is 0 Å². The third kappa shape index (κ3) is 1.75. The minimum atomic E-state index is 0.313. The fourth-order valence-electron chi connectivity index (χ4n) is 4.11. The lowest BCUT2D eigenvalue weighted by Crippen LogP contribution is -2.27. The highest BCUT2D eigenvalue weighted by molar-refractivity contribution is 6.01. The minimum Gasteiger partial charge on any atom is -0.364 e. The average molecular weight is 277 g/mol. The van der Waals surface area contributed by atoms with E-state index in [9.17, 15) is 4.79 Å². The molecule has 0 saturated heterocycles. The van der Waals surface area contributed by atoms with Crippen LogP contribution in [0, 0.1) is 0 Å². The Morgan fingerprint density at radius 2 is 1.90 bits per heavy atom. The Morgan fingerprint density at radius 1 is 1.10 bits per heavy atom. The standard InChI is InChI=1S/C19H19NO/c1-2-20-16-10-6-9-14-17(21)12-11-15(18(14)16)19(20)13-7-4-3-5-8-13/h3-10,15,19H,2,11-12H2,1H3. The molecule has 0 spiro atoms. The number of likely N-dealkylation sites (N-methyl/N-ethyl adjacent to an activating group) is 1. The van der Waals surface area contributed by atoms with Gasteiger partial charge in [0.2, 0.25) is 0 Å². The van der Waals surface area contributed by atoms with Crippen molar-refractivity contribution < 1.29 is 4.79 Å². The number of ketones is 1. The van der Waals surface area contributed by atoms with Crippen LogP contribution in [0.2, 0.25) is 0 Å². The van der Waals surface area contributed by atoms with Crippen molar-refractivity contribution >= 4 is 11.5 Å². The van der Waals surface area contributed by atoms with E-state index < -0.39 is 0 Å². The van der Waals surface area contributed by atoms with E-state index in [0.717, 1.165) is 18.5 Å². The van der Waals surface area contributed by atoms with Crippen molar-refractivity contribution in [1.82, 2.24) is 0 Å². The van der Waals surface area contributed by atoms with Crippen LogP contribution in [-0.2, 0) is 0 Å². The number of carbonyl (C=O) groups excluding carboxylic acids is 1. The molecule has 1 aliphatic heterocycles. The lowest BCUT2D eigenvalue weighted by atomic mass is 9.78. The first-order chi connectivity index (χ1) is 10.3. The van der Waals surface area contributed by atoms with Crippen LogP contribution < -0.4 is 4.90 Å². The summed E-state index contributed by atoms with van der Waals surface area (Å²) in [7, 11) is 0. The molecule has 1 heterocycles. The van der Waals surface area contributed by atoms with E-state index in [0.29, 0.717) is 24.2 Å². The summed E-state index contributed by atoms with van der Waals surface area (Å²) in [6.07, 6.45) is 1.65. The molecule has 0 saturated carbocycles. The van der Waals surface area contributed by atoms with Gasteiger partial charge in [-0.1, -0.05) is 42.5 Å². The van der Waals surface area contributed by atoms with Crippen LogP contribution >= 0.6 is 0 Å². The summed E-state index contributed by atoms with van der Waals surface area (Å²) in [6, 6.07) is 17.3. The molecule has 2 nitrogen and oxygen atoms in total. The smallest absolute Gasteiger partial charge is 0.163 e. The summed E-state index contributed by atoms with van der Waals surface area (Å²) in [4.78, 5) is 14.7. The van der Waals surface area contributed by atoms with Crippen LogP contribution in [0.3, 0.4) is 0 Å². The Kier molecular flexibility index (Phi) is 2.85. The molecule has 106 valence electrons. The molecule has 0 N–H and O–H groups in total. The highest BCUT2D eigenvalue weighted by atomic mass is 16.1. The number of rotatable bonds is 2. The van der Waals surface area contributed by atoms with E-state index in [4.69, 9.17) is 0 Å². The van der Waals surface area contributed by atoms with Crippen molar-refractivity contribution in [2.75, 3.05) is 11.4 Å². The van der Waals surface area contributed by atoms with Gasteiger partial charge in [-0.3, -0.25) is 4.79 Å². The zero-order valence-corrected chi connectivity index (χ0v) is 12.3. The third-order valence-corrected chi connectivity index (χ3v) is 4.94. The van der Waals surface area contributed by atoms with Gasteiger partial charge in [-0.25, -0.2) is 0 Å². The lowest BCUT2D eigenvalue weighted by molar-refractivity contribution is 0.0966. The van der Waals surface area contributed by atoms with Crippen molar-refractivity contribution in [3.05, 3.63) is 65.2 Å². The monoisotopic (exact) mass is 277 g/mol. The van der Waals surface area contributed by atoms with E-state index in [-0.39, 0.29) is 0 Å². The SMILES string of the molecule is CCN1c2cccc3c2C(CCC3=O)C1c1ccccc1. The predicted molar refractivity (Wildman–Crippen MR) is 85.0 cm³/mol. The van der Waals surface area contributed by atoms with Gasteiger partial charge in [0.15, 0.2) is 5.78 Å². The van der Waals surface area contributed by atoms with Gasteiger partial charge in [-0.05, 0) is 30.5 Å². The minimum absolute atomic E-state index is 0.313. The van der Waals surface area contributed by atoms with E-state index in [2.05, 4.69) is 48.2 Å². The van der Waals surface area contributed by atoms with Gasteiger partial charge in [0.25, 0.3) is 0 Å². The fraction of sp³-hybridized carbons (Fsp3) is 0.316. The van der Waals surface area contributed by atoms with Crippen molar-refractivity contribution in [1.29, 1.82) is 0 Å². The van der Waals surface area contributed by atoms with Gasteiger partial charge < -0.3 is 4.90 Å². The highest BCUT2D eigenvalue weighted by Gasteiger charge is 2.42. The van der Waals surface area contributed by atoms with E-state index >= 15 is 0 Å². The summed E-state index contributed by atoms with van der Waals surface area (Å²) in [5.41, 5.74) is 4.88. The molecule has 2 aliphatic rings. The van der Waals surface area contributed by atoms with Crippen LogP contribution in [0.15, 0.2) is 48.5 Å². The zero-order valence-electron chi connectivity index (χ0n) is 12.3. The normalized spacial score (nSPS) is 23.3. The fourth-order valence-corrected chi connectivity index (χ4v) is 4.11. The van der Waals surface area contributed by atoms with E-state index in [1.807, 2.05) is 12.1 Å². The van der Waals surface area contributed by atoms with Crippen LogP contribution in [0.1, 0.15) is 53.2 Å². The Morgan fingerprint density at radius 3 is 2.67 bits per heavy atom. The number of Topliss-reactive ketones (excluding diaryl/α,β-unsaturated/α-hetero) is 1. The molecule has 0 bridgehead atoms. The Hall–Kier alpha value is -2.09. The maximum Gasteiger partial charge on any atom is 0.163 e. The molecule has 2 atom stereocenters. The zero-order chi connectivity index (χ0) is 14.4. The van der Waals surface area contributed by atoms with Crippen molar-refractivity contribution in [3.8, 4) is 0 Å². The molecule has 1 aliphatic carbocycles. The maximum absolute atomic E-state index is 12.2. The van der Waals surface area contributed by atoms with Crippen molar-refractivity contribution in [2.45, 2.75) is 31.7 Å². The molecule has 0 amide bonds. The molecular formula is C19H19NO. The number of hydrogen-bond acceptors (Lipinski definition) is 2. The largest absolute Gasteiger partial charge is 0.364 e. The first-order valence-corrected chi connectivity index (χ1v) is 7.79. The summed E-state index contributed by atoms with van der Waals surface area (Å²) in [5, 5.41) is 0. The molecule has 2 aromatic rings. The van der Waals surface area contributed by atoms with Crippen molar-refractivity contribution in [2.24, 2.45) is 0 Å². The maximum atomic E-state index is 12.2. The number of carbonyl (C=O) groups is 1. The topological polar surface area (TPSA) is 20.3 Å². The Balaban J connectivity index is 1.91. The molecule has 21 heavy (non-hydrogen) atoms. The molecule has 2 unspecified atom stereocenters. The quantitative estimate of drug-likeness (QED) is 0.814. The van der Waals surface area contributed by atoms with E-state index in [1.165, 1.54) is 16.8 Å². The van der Waals surface area contributed by atoms with Crippen LogP contribution in [0.4, 0.5) is 5.69 Å². The molecule has 0 aromatic heterocycles. The Labute approximate surface area is 125 Å². The van der Waals surface area contributed by atoms with Crippen LogP contribution in [0.25, 0.3) is 0 Å². The molecule has 2 heteroatoms. The van der Waals surface area contributed by atoms with E-state index in [1.54, 1.807) is 0 Å². The average Bonchev–Trinajstić information content (AvgIpc) is 2.87. The van der Waals surface area contributed by atoms with Crippen LogP contribution in [-0.4, -0.2) is 12.3 Å². The van der Waals surface area contributed by atoms with Gasteiger partial charge >= 0.3 is 0 Å². The van der Waals surface area contributed by atoms with Gasteiger partial charge in [0.05, 0.1) is 6.04 Å². The molecule has 4 rings (SSSR count). The Bertz CT molecular complexity index is 692. The molecule has 2 aromatic carbocycles. The molecule has 0 radical (unpaired) electrons. The summed E-state index contributed by atoms with van der Waals surface area (Å²) in [5.74, 6) is 0.768. The number of anilines is 1. The lowest BCUT2D eigenvalue weighted by Gasteiger charge is -2.30. The first-order valence-electron chi connectivity index (χ1n) is 7.79. The second-order valence-electron chi connectivity index (χ2n) is 5.95. The summed E-state index contributed by atoms with van der Waals surface area (Å²) in [6.45, 7) is 3.18. The second kappa shape index (κ2) is 4.73. The number of benzene rings is 2. The molecule has 0 fully saturated rings. The van der Waals surface area contributed by atoms with Gasteiger partial charge in [-0.15, -0.1) is 0 Å². The third-order valence-electron chi connectivity index (χ3n) is 4.94. The predicted octanol–water partition coefficient (Wildman–Crippen LogP) is 4.33. The summed E-state index contributed by atoms with van der Waals surface area (Å²) < 4.78 is 0. The van der Waals surface area contributed by atoms with Gasteiger partial charge in [0, 0.05) is 30.1 Å². The van der Waals surface area contributed by atoms with Gasteiger partial charge in [0.1, 0.15) is 0 Å². The van der Waals surface area contributed by atoms with Crippen LogP contribution in [0.5, 0.6) is 0 Å². The number of hydrogen-bond donors (Lipinski definition) is 0.